The molecule has 0 bridgehead atoms. The normalized spacial score (nSPS) is 21.2. The van der Waals surface area contributed by atoms with E-state index >= 15 is 0 Å². The number of sulfone groups is 1. The number of hydrogen-bond donors (Lipinski definition) is 0. The summed E-state index contributed by atoms with van der Waals surface area (Å²) in [7, 11) is -3.49. The van der Waals surface area contributed by atoms with Crippen molar-refractivity contribution in [1.29, 1.82) is 0 Å². The summed E-state index contributed by atoms with van der Waals surface area (Å²) in [5.41, 5.74) is 0.813. The molecule has 1 aliphatic rings. The molecule has 2 aromatic rings. The van der Waals surface area contributed by atoms with E-state index in [1.165, 1.54) is 0 Å². The molecule has 1 aliphatic heterocycles. The van der Waals surface area contributed by atoms with Crippen LogP contribution in [-0.4, -0.2) is 32.0 Å². The Labute approximate surface area is 150 Å². The van der Waals surface area contributed by atoms with Crippen LogP contribution in [0.1, 0.15) is 0 Å². The predicted molar refractivity (Wildman–Crippen MR) is 98.1 cm³/mol. The lowest BCUT2D eigenvalue weighted by Gasteiger charge is -2.16. The lowest BCUT2D eigenvalue weighted by molar-refractivity contribution is -0.120. The van der Waals surface area contributed by atoms with Gasteiger partial charge in [0.2, 0.25) is 5.91 Å². The highest BCUT2D eigenvalue weighted by atomic mass is 79.9. The predicted octanol–water partition coefficient (Wildman–Crippen LogP) is 3.13. The number of rotatable bonds is 5. The molecular weight excluding hydrogens is 390 g/mol. The Morgan fingerprint density at radius 1 is 1.00 bits per heavy atom. The van der Waals surface area contributed by atoms with Crippen LogP contribution in [0.15, 0.2) is 65.6 Å². The average Bonchev–Trinajstić information content (AvgIpc) is 2.92. The zero-order chi connectivity index (χ0) is 17.2. The van der Waals surface area contributed by atoms with Crippen LogP contribution in [0, 0.1) is 11.8 Å². The number of hydrogen-bond acceptors (Lipinski definition) is 3. The number of amides is 1. The molecule has 24 heavy (non-hydrogen) atoms. The molecular formula is C18H18BrNO3S. The van der Waals surface area contributed by atoms with Crippen molar-refractivity contribution in [2.45, 2.75) is 4.90 Å². The van der Waals surface area contributed by atoms with Gasteiger partial charge in [-0.3, -0.25) is 4.79 Å². The Kier molecular flexibility index (Phi) is 5.06. The number of anilines is 1. The van der Waals surface area contributed by atoms with Crippen LogP contribution in [0.4, 0.5) is 5.69 Å². The van der Waals surface area contributed by atoms with Gasteiger partial charge in [-0.1, -0.05) is 52.3 Å². The second-order valence-corrected chi connectivity index (χ2v) is 8.58. The van der Waals surface area contributed by atoms with Crippen molar-refractivity contribution in [3.63, 3.8) is 0 Å². The van der Waals surface area contributed by atoms with E-state index in [1.807, 2.05) is 30.3 Å². The number of halogens is 1. The van der Waals surface area contributed by atoms with Gasteiger partial charge in [-0.25, -0.2) is 8.42 Å². The fourth-order valence-electron chi connectivity index (χ4n) is 3.02. The van der Waals surface area contributed by atoms with E-state index in [-0.39, 0.29) is 22.5 Å². The lowest BCUT2D eigenvalue weighted by atomic mass is 10.00. The molecule has 1 amide bonds. The third kappa shape index (κ3) is 3.39. The van der Waals surface area contributed by atoms with Crippen molar-refractivity contribution in [3.8, 4) is 0 Å². The molecule has 126 valence electrons. The van der Waals surface area contributed by atoms with E-state index in [0.29, 0.717) is 11.9 Å². The highest BCUT2D eigenvalue weighted by Gasteiger charge is 2.42. The fourth-order valence-corrected chi connectivity index (χ4v) is 5.33. The first-order valence-electron chi connectivity index (χ1n) is 7.73. The van der Waals surface area contributed by atoms with Crippen LogP contribution in [-0.2, 0) is 14.6 Å². The molecule has 3 rings (SSSR count). The zero-order valence-corrected chi connectivity index (χ0v) is 15.4. The van der Waals surface area contributed by atoms with Gasteiger partial charge < -0.3 is 4.90 Å². The second-order valence-electron chi connectivity index (χ2n) is 5.90. The molecule has 6 heteroatoms. The van der Waals surface area contributed by atoms with E-state index in [1.54, 1.807) is 35.2 Å². The number of carbonyl (C=O) groups excluding carboxylic acids is 1. The summed E-state index contributed by atoms with van der Waals surface area (Å²) in [4.78, 5) is 14.8. The molecule has 0 saturated carbocycles. The molecule has 0 N–H and O–H groups in total. The van der Waals surface area contributed by atoms with Crippen molar-refractivity contribution in [2.75, 3.05) is 22.5 Å². The summed E-state index contributed by atoms with van der Waals surface area (Å²) >= 11 is 3.43. The molecule has 0 aliphatic carbocycles. The lowest BCUT2D eigenvalue weighted by Crippen LogP contribution is -2.30. The highest BCUT2D eigenvalue weighted by Crippen LogP contribution is 2.32. The molecule has 2 aromatic carbocycles. The van der Waals surface area contributed by atoms with Crippen LogP contribution in [0.5, 0.6) is 0 Å². The first kappa shape index (κ1) is 17.2. The minimum Gasteiger partial charge on any atom is -0.312 e. The summed E-state index contributed by atoms with van der Waals surface area (Å²) < 4.78 is 25.3. The van der Waals surface area contributed by atoms with Gasteiger partial charge in [-0.05, 0) is 30.2 Å². The minimum atomic E-state index is -3.49. The van der Waals surface area contributed by atoms with Crippen molar-refractivity contribution < 1.29 is 13.2 Å². The molecule has 0 spiro atoms. The summed E-state index contributed by atoms with van der Waals surface area (Å²) in [6, 6.07) is 17.7. The number of carbonyl (C=O) groups is 1. The molecule has 0 aromatic heterocycles. The summed E-state index contributed by atoms with van der Waals surface area (Å²) in [6.07, 6.45) is 0. The third-order valence-corrected chi connectivity index (χ3v) is 6.96. The van der Waals surface area contributed by atoms with Gasteiger partial charge in [-0.2, -0.15) is 0 Å². The first-order valence-corrected chi connectivity index (χ1v) is 10.5. The summed E-state index contributed by atoms with van der Waals surface area (Å²) in [5, 5.41) is 0.594. The van der Waals surface area contributed by atoms with Crippen molar-refractivity contribution in [2.24, 2.45) is 11.8 Å². The van der Waals surface area contributed by atoms with Crippen molar-refractivity contribution in [1.82, 2.24) is 0 Å². The van der Waals surface area contributed by atoms with Crippen LogP contribution < -0.4 is 4.90 Å². The molecule has 0 radical (unpaired) electrons. The Balaban J connectivity index is 1.86. The summed E-state index contributed by atoms with van der Waals surface area (Å²) in [6.45, 7) is 0.531. The summed E-state index contributed by atoms with van der Waals surface area (Å²) in [5.74, 6) is -0.841. The zero-order valence-electron chi connectivity index (χ0n) is 13.0. The number of benzene rings is 2. The van der Waals surface area contributed by atoms with Gasteiger partial charge in [0.15, 0.2) is 9.84 Å². The van der Waals surface area contributed by atoms with Gasteiger partial charge >= 0.3 is 0 Å². The van der Waals surface area contributed by atoms with Gasteiger partial charge in [-0.15, -0.1) is 0 Å². The first-order chi connectivity index (χ1) is 11.5. The smallest absolute Gasteiger partial charge is 0.231 e. The quantitative estimate of drug-likeness (QED) is 0.715. The van der Waals surface area contributed by atoms with Gasteiger partial charge in [0.05, 0.1) is 16.6 Å². The fraction of sp³-hybridized carbons (Fsp3) is 0.278. The Bertz CT molecular complexity index is 809. The molecule has 4 nitrogen and oxygen atoms in total. The Morgan fingerprint density at radius 3 is 2.17 bits per heavy atom. The van der Waals surface area contributed by atoms with E-state index in [9.17, 15) is 13.2 Å². The molecule has 1 heterocycles. The maximum Gasteiger partial charge on any atom is 0.231 e. The van der Waals surface area contributed by atoms with E-state index < -0.39 is 15.8 Å². The molecule has 0 unspecified atom stereocenters. The largest absolute Gasteiger partial charge is 0.312 e. The number of alkyl halides is 1. The number of para-hydroxylation sites is 1. The monoisotopic (exact) mass is 407 g/mol. The maximum atomic E-state index is 12.8. The number of nitrogens with zero attached hydrogens (tertiary/aromatic N) is 1. The van der Waals surface area contributed by atoms with Crippen LogP contribution >= 0.6 is 15.9 Å². The van der Waals surface area contributed by atoms with Gasteiger partial charge in [0.25, 0.3) is 0 Å². The van der Waals surface area contributed by atoms with Crippen LogP contribution in [0.25, 0.3) is 0 Å². The SMILES string of the molecule is O=C1[C@@H](CS(=O)(=O)c2ccccc2)[C@H](CBr)CN1c1ccccc1. The van der Waals surface area contributed by atoms with Crippen molar-refractivity contribution in [3.05, 3.63) is 60.7 Å². The molecule has 1 fully saturated rings. The van der Waals surface area contributed by atoms with E-state index in [4.69, 9.17) is 0 Å². The van der Waals surface area contributed by atoms with Crippen LogP contribution in [0.2, 0.25) is 0 Å². The Morgan fingerprint density at radius 2 is 1.58 bits per heavy atom. The van der Waals surface area contributed by atoms with Gasteiger partial charge in [0, 0.05) is 17.6 Å². The second kappa shape index (κ2) is 7.07. The Hall–Kier alpha value is -1.66. The van der Waals surface area contributed by atoms with Crippen molar-refractivity contribution >= 4 is 37.4 Å². The standard InChI is InChI=1S/C18H18BrNO3S/c19-11-14-12-20(15-7-3-1-4-8-15)18(21)17(14)13-24(22,23)16-9-5-2-6-10-16/h1-10,14,17H,11-13H2/t14-,17+/m1/s1. The molecule has 2 atom stereocenters. The third-order valence-electron chi connectivity index (χ3n) is 4.34. The van der Waals surface area contributed by atoms with Crippen LogP contribution in [0.3, 0.4) is 0 Å². The van der Waals surface area contributed by atoms with E-state index in [0.717, 1.165) is 5.69 Å². The maximum absolute atomic E-state index is 12.8. The minimum absolute atomic E-state index is 0.0313. The highest BCUT2D eigenvalue weighted by molar-refractivity contribution is 9.09. The average molecular weight is 408 g/mol. The van der Waals surface area contributed by atoms with Gasteiger partial charge in [0.1, 0.15) is 0 Å². The topological polar surface area (TPSA) is 54.5 Å². The molecule has 1 saturated heterocycles. The van der Waals surface area contributed by atoms with E-state index in [2.05, 4.69) is 15.9 Å².